The molecule has 0 saturated heterocycles. The van der Waals surface area contributed by atoms with Gasteiger partial charge in [0, 0.05) is 20.6 Å². The maximum absolute atomic E-state index is 6.50. The average Bonchev–Trinajstić information content (AvgIpc) is 2.98. The third kappa shape index (κ3) is 3.64. The molecule has 0 saturated carbocycles. The lowest BCUT2D eigenvalue weighted by Gasteiger charge is -2.18. The standard InChI is InChI=1S/C21H21BrClN5/c1-3-10-27(2)13-20-26-25-19-12-24-21(15-6-4-5-7-17(15)23)16-11-14(22)8-9-18(16)28(19)20/h4-9,11H,3,10,12-13H2,1-2H3. The molecule has 0 atom stereocenters. The summed E-state index contributed by atoms with van der Waals surface area (Å²) in [6, 6.07) is 14.0. The van der Waals surface area contributed by atoms with Crippen LogP contribution in [0.3, 0.4) is 0 Å². The Labute approximate surface area is 178 Å². The van der Waals surface area contributed by atoms with Crippen molar-refractivity contribution >= 4 is 33.2 Å². The Balaban J connectivity index is 1.87. The van der Waals surface area contributed by atoms with Gasteiger partial charge in [0.2, 0.25) is 0 Å². The topological polar surface area (TPSA) is 46.3 Å². The Hall–Kier alpha value is -2.02. The van der Waals surface area contributed by atoms with E-state index >= 15 is 0 Å². The predicted octanol–water partition coefficient (Wildman–Crippen LogP) is 4.88. The van der Waals surface area contributed by atoms with Gasteiger partial charge in [0.05, 0.1) is 17.9 Å². The number of aromatic nitrogens is 3. The quantitative estimate of drug-likeness (QED) is 0.547. The van der Waals surface area contributed by atoms with Crippen LogP contribution in [-0.4, -0.2) is 39.0 Å². The van der Waals surface area contributed by atoms with Crippen molar-refractivity contribution in [3.8, 4) is 5.69 Å². The van der Waals surface area contributed by atoms with E-state index in [9.17, 15) is 0 Å². The third-order valence-corrected chi connectivity index (χ3v) is 5.60. The lowest BCUT2D eigenvalue weighted by atomic mass is 10.0. The second kappa shape index (κ2) is 8.15. The lowest BCUT2D eigenvalue weighted by molar-refractivity contribution is 0.317. The zero-order valence-electron chi connectivity index (χ0n) is 15.9. The molecule has 1 aromatic heterocycles. The highest BCUT2D eigenvalue weighted by molar-refractivity contribution is 9.10. The van der Waals surface area contributed by atoms with Crippen molar-refractivity contribution in [2.24, 2.45) is 4.99 Å². The largest absolute Gasteiger partial charge is 0.299 e. The molecule has 7 heteroatoms. The Morgan fingerprint density at radius 2 is 1.96 bits per heavy atom. The number of rotatable bonds is 5. The van der Waals surface area contributed by atoms with E-state index in [0.717, 1.165) is 58.2 Å². The van der Waals surface area contributed by atoms with E-state index in [1.807, 2.05) is 30.3 Å². The van der Waals surface area contributed by atoms with Gasteiger partial charge in [-0.2, -0.15) is 0 Å². The summed E-state index contributed by atoms with van der Waals surface area (Å²) in [5.41, 5.74) is 3.84. The van der Waals surface area contributed by atoms with E-state index < -0.39 is 0 Å². The summed E-state index contributed by atoms with van der Waals surface area (Å²) in [5.74, 6) is 1.76. The van der Waals surface area contributed by atoms with E-state index in [1.165, 1.54) is 0 Å². The molecule has 3 aromatic rings. The molecule has 0 spiro atoms. The summed E-state index contributed by atoms with van der Waals surface area (Å²) in [6.45, 7) is 4.38. The summed E-state index contributed by atoms with van der Waals surface area (Å²) in [6.07, 6.45) is 1.10. The number of benzene rings is 2. The molecule has 0 N–H and O–H groups in total. The van der Waals surface area contributed by atoms with Crippen molar-refractivity contribution in [2.45, 2.75) is 26.4 Å². The molecule has 4 rings (SSSR count). The predicted molar refractivity (Wildman–Crippen MR) is 116 cm³/mol. The van der Waals surface area contributed by atoms with Crippen LogP contribution in [0.1, 0.15) is 36.1 Å². The molecular formula is C21H21BrClN5. The molecule has 0 fully saturated rings. The number of fused-ring (bicyclic) bond motifs is 3. The van der Waals surface area contributed by atoms with E-state index in [0.29, 0.717) is 11.6 Å². The van der Waals surface area contributed by atoms with Crippen LogP contribution in [0.15, 0.2) is 51.9 Å². The summed E-state index contributed by atoms with van der Waals surface area (Å²) >= 11 is 10.1. The fourth-order valence-corrected chi connectivity index (χ4v) is 4.14. The van der Waals surface area contributed by atoms with Crippen LogP contribution in [-0.2, 0) is 13.1 Å². The molecule has 0 aliphatic carbocycles. The molecule has 0 unspecified atom stereocenters. The van der Waals surface area contributed by atoms with Crippen molar-refractivity contribution in [3.63, 3.8) is 0 Å². The highest BCUT2D eigenvalue weighted by atomic mass is 79.9. The number of hydrogen-bond acceptors (Lipinski definition) is 4. The van der Waals surface area contributed by atoms with Crippen LogP contribution in [0.5, 0.6) is 0 Å². The minimum absolute atomic E-state index is 0.456. The van der Waals surface area contributed by atoms with Gasteiger partial charge in [-0.3, -0.25) is 14.5 Å². The van der Waals surface area contributed by atoms with Crippen molar-refractivity contribution < 1.29 is 0 Å². The zero-order valence-corrected chi connectivity index (χ0v) is 18.2. The van der Waals surface area contributed by atoms with E-state index in [2.05, 4.69) is 61.7 Å². The highest BCUT2D eigenvalue weighted by Crippen LogP contribution is 2.30. The highest BCUT2D eigenvalue weighted by Gasteiger charge is 2.24. The monoisotopic (exact) mass is 457 g/mol. The lowest BCUT2D eigenvalue weighted by Crippen LogP contribution is -2.21. The van der Waals surface area contributed by atoms with Crippen LogP contribution in [0.4, 0.5) is 0 Å². The molecule has 0 amide bonds. The van der Waals surface area contributed by atoms with Gasteiger partial charge in [0.25, 0.3) is 0 Å². The van der Waals surface area contributed by atoms with Crippen molar-refractivity contribution in [1.82, 2.24) is 19.7 Å². The van der Waals surface area contributed by atoms with Gasteiger partial charge in [0.1, 0.15) is 6.54 Å². The number of hydrogen-bond donors (Lipinski definition) is 0. The van der Waals surface area contributed by atoms with Gasteiger partial charge in [-0.15, -0.1) is 10.2 Å². The summed E-state index contributed by atoms with van der Waals surface area (Å²) in [5, 5.41) is 9.59. The van der Waals surface area contributed by atoms with Crippen molar-refractivity contribution in [3.05, 3.63) is 74.7 Å². The van der Waals surface area contributed by atoms with Crippen LogP contribution in [0.2, 0.25) is 5.02 Å². The first-order valence-corrected chi connectivity index (χ1v) is 10.5. The first-order valence-electron chi connectivity index (χ1n) is 9.30. The second-order valence-electron chi connectivity index (χ2n) is 6.91. The smallest absolute Gasteiger partial charge is 0.159 e. The van der Waals surface area contributed by atoms with E-state index in [1.54, 1.807) is 0 Å². The minimum Gasteiger partial charge on any atom is -0.299 e. The fraction of sp³-hybridized carbons (Fsp3) is 0.286. The maximum atomic E-state index is 6.50. The number of nitrogens with zero attached hydrogens (tertiary/aromatic N) is 5. The summed E-state index contributed by atoms with van der Waals surface area (Å²) in [4.78, 5) is 7.14. The van der Waals surface area contributed by atoms with Gasteiger partial charge < -0.3 is 0 Å². The molecule has 2 aromatic carbocycles. The number of halogens is 2. The Morgan fingerprint density at radius 1 is 1.14 bits per heavy atom. The molecule has 0 bridgehead atoms. The Kier molecular flexibility index (Phi) is 5.62. The van der Waals surface area contributed by atoms with Gasteiger partial charge in [-0.25, -0.2) is 0 Å². The number of aliphatic imine (C=N–C) groups is 1. The second-order valence-corrected chi connectivity index (χ2v) is 8.23. The SMILES string of the molecule is CCCN(C)Cc1nnc2n1-c1ccc(Br)cc1C(c1ccccc1Cl)=NC2. The first kappa shape index (κ1) is 19.3. The molecule has 2 heterocycles. The normalized spacial score (nSPS) is 13.1. The molecule has 5 nitrogen and oxygen atoms in total. The molecule has 1 aliphatic rings. The summed E-state index contributed by atoms with van der Waals surface area (Å²) < 4.78 is 3.13. The van der Waals surface area contributed by atoms with Gasteiger partial charge >= 0.3 is 0 Å². The summed E-state index contributed by atoms with van der Waals surface area (Å²) in [7, 11) is 2.11. The Morgan fingerprint density at radius 3 is 2.75 bits per heavy atom. The zero-order chi connectivity index (χ0) is 19.7. The Bertz CT molecular complexity index is 1040. The van der Waals surface area contributed by atoms with Crippen molar-refractivity contribution in [2.75, 3.05) is 13.6 Å². The molecule has 0 radical (unpaired) electrons. The van der Waals surface area contributed by atoms with E-state index in [4.69, 9.17) is 16.6 Å². The van der Waals surface area contributed by atoms with Gasteiger partial charge in [-0.05, 0) is 44.3 Å². The van der Waals surface area contributed by atoms with Crippen LogP contribution >= 0.6 is 27.5 Å². The molecule has 1 aliphatic heterocycles. The van der Waals surface area contributed by atoms with Gasteiger partial charge in [0.15, 0.2) is 11.6 Å². The third-order valence-electron chi connectivity index (χ3n) is 4.78. The maximum Gasteiger partial charge on any atom is 0.159 e. The molecule has 144 valence electrons. The van der Waals surface area contributed by atoms with Crippen LogP contribution in [0, 0.1) is 0 Å². The van der Waals surface area contributed by atoms with Crippen LogP contribution in [0.25, 0.3) is 5.69 Å². The van der Waals surface area contributed by atoms with Crippen molar-refractivity contribution in [1.29, 1.82) is 0 Å². The molecule has 28 heavy (non-hydrogen) atoms. The molecular weight excluding hydrogens is 438 g/mol. The van der Waals surface area contributed by atoms with Crippen LogP contribution < -0.4 is 0 Å². The average molecular weight is 459 g/mol. The van der Waals surface area contributed by atoms with E-state index in [-0.39, 0.29) is 0 Å². The fourth-order valence-electron chi connectivity index (χ4n) is 3.55. The van der Waals surface area contributed by atoms with Gasteiger partial charge in [-0.1, -0.05) is 52.7 Å². The minimum atomic E-state index is 0.456. The first-order chi connectivity index (χ1) is 13.6.